The molecule has 1 saturated carbocycles. The fraction of sp³-hybridized carbons (Fsp3) is 0.263. The van der Waals surface area contributed by atoms with Crippen molar-refractivity contribution in [1.82, 2.24) is 10.3 Å². The Kier molecular flexibility index (Phi) is 4.61. The number of hydrogen-bond donors (Lipinski definition) is 2. The van der Waals surface area contributed by atoms with Gasteiger partial charge in [0.2, 0.25) is 5.89 Å². The molecule has 2 atom stereocenters. The standard InChI is InChI=1S/C19H16Cl2N2O3/c20-12-5-11(6-13(21)8-12)19-23-16-4-1-10(7-17(16)26-19)18(25)22-14-2-3-15(24)9-14/h1,4-8,14-15,24H,2-3,9H2,(H,22,25)/t14-,15+/m1/s1. The molecule has 5 nitrogen and oxygen atoms in total. The first-order chi connectivity index (χ1) is 12.5. The summed E-state index contributed by atoms with van der Waals surface area (Å²) in [5, 5.41) is 13.5. The summed E-state index contributed by atoms with van der Waals surface area (Å²) in [5.41, 5.74) is 2.31. The van der Waals surface area contributed by atoms with E-state index >= 15 is 0 Å². The zero-order chi connectivity index (χ0) is 18.3. The topological polar surface area (TPSA) is 75.4 Å². The molecule has 2 aromatic carbocycles. The van der Waals surface area contributed by atoms with Gasteiger partial charge in [-0.15, -0.1) is 0 Å². The Balaban J connectivity index is 1.60. The van der Waals surface area contributed by atoms with Gasteiger partial charge >= 0.3 is 0 Å². The Morgan fingerprint density at radius 1 is 1.15 bits per heavy atom. The van der Waals surface area contributed by atoms with E-state index in [0.29, 0.717) is 44.6 Å². The molecule has 1 aliphatic rings. The SMILES string of the molecule is O=C(N[C@@H]1CC[C@H](O)C1)c1ccc2nc(-c3cc(Cl)cc(Cl)c3)oc2c1. The second-order valence-corrected chi connectivity index (χ2v) is 7.37. The number of fused-ring (bicyclic) bond motifs is 1. The molecule has 0 aliphatic heterocycles. The van der Waals surface area contributed by atoms with Gasteiger partial charge in [-0.1, -0.05) is 23.2 Å². The maximum Gasteiger partial charge on any atom is 0.251 e. The second kappa shape index (κ2) is 6.91. The zero-order valence-electron chi connectivity index (χ0n) is 13.7. The third-order valence-electron chi connectivity index (χ3n) is 4.50. The number of amides is 1. The fourth-order valence-corrected chi connectivity index (χ4v) is 3.75. The van der Waals surface area contributed by atoms with Gasteiger partial charge in [-0.2, -0.15) is 0 Å². The summed E-state index contributed by atoms with van der Waals surface area (Å²) in [5.74, 6) is 0.204. The molecule has 1 aromatic heterocycles. The highest BCUT2D eigenvalue weighted by Gasteiger charge is 2.24. The number of carbonyl (C=O) groups is 1. The molecule has 4 rings (SSSR count). The monoisotopic (exact) mass is 390 g/mol. The molecule has 0 bridgehead atoms. The van der Waals surface area contributed by atoms with Gasteiger partial charge in [-0.05, 0) is 55.7 Å². The normalized spacial score (nSPS) is 19.8. The van der Waals surface area contributed by atoms with Crippen molar-refractivity contribution in [1.29, 1.82) is 0 Å². The van der Waals surface area contributed by atoms with Crippen LogP contribution in [0.3, 0.4) is 0 Å². The predicted octanol–water partition coefficient (Wildman–Crippen LogP) is 4.44. The summed E-state index contributed by atoms with van der Waals surface area (Å²) in [7, 11) is 0. The minimum atomic E-state index is -0.330. The minimum absolute atomic E-state index is 0.00656. The first-order valence-electron chi connectivity index (χ1n) is 8.34. The highest BCUT2D eigenvalue weighted by Crippen LogP contribution is 2.29. The van der Waals surface area contributed by atoms with E-state index in [0.717, 1.165) is 12.8 Å². The maximum absolute atomic E-state index is 12.4. The fourth-order valence-electron chi connectivity index (χ4n) is 3.22. The molecule has 0 spiro atoms. The van der Waals surface area contributed by atoms with Crippen LogP contribution in [0.15, 0.2) is 40.8 Å². The molecular weight excluding hydrogens is 375 g/mol. The molecule has 134 valence electrons. The van der Waals surface area contributed by atoms with Gasteiger partial charge in [0.15, 0.2) is 5.58 Å². The summed E-state index contributed by atoms with van der Waals surface area (Å²) >= 11 is 12.1. The molecule has 1 amide bonds. The van der Waals surface area contributed by atoms with Gasteiger partial charge in [-0.25, -0.2) is 4.98 Å². The van der Waals surface area contributed by atoms with Crippen molar-refractivity contribution >= 4 is 40.2 Å². The molecule has 1 fully saturated rings. The number of nitrogens with zero attached hydrogens (tertiary/aromatic N) is 1. The van der Waals surface area contributed by atoms with E-state index in [1.54, 1.807) is 36.4 Å². The number of aliphatic hydroxyl groups excluding tert-OH is 1. The number of aliphatic hydroxyl groups is 1. The van der Waals surface area contributed by atoms with Crippen LogP contribution in [0.5, 0.6) is 0 Å². The number of halogens is 2. The molecule has 2 N–H and O–H groups in total. The maximum atomic E-state index is 12.4. The number of rotatable bonds is 3. The van der Waals surface area contributed by atoms with Crippen LogP contribution >= 0.6 is 23.2 Å². The van der Waals surface area contributed by atoms with Crippen LogP contribution in [0.2, 0.25) is 10.0 Å². The summed E-state index contributed by atoms with van der Waals surface area (Å²) < 4.78 is 5.79. The van der Waals surface area contributed by atoms with Gasteiger partial charge in [-0.3, -0.25) is 4.79 Å². The number of carbonyl (C=O) groups excluding carboxylic acids is 1. The van der Waals surface area contributed by atoms with Crippen LogP contribution in [0, 0.1) is 0 Å². The largest absolute Gasteiger partial charge is 0.436 e. The Hall–Kier alpha value is -2.08. The summed E-state index contributed by atoms with van der Waals surface area (Å²) in [4.78, 5) is 16.9. The van der Waals surface area contributed by atoms with Crippen molar-refractivity contribution in [2.75, 3.05) is 0 Å². The molecule has 1 heterocycles. The van der Waals surface area contributed by atoms with Gasteiger partial charge in [0.05, 0.1) is 6.10 Å². The van der Waals surface area contributed by atoms with Crippen molar-refractivity contribution in [2.45, 2.75) is 31.4 Å². The molecule has 26 heavy (non-hydrogen) atoms. The second-order valence-electron chi connectivity index (χ2n) is 6.50. The lowest BCUT2D eigenvalue weighted by molar-refractivity contribution is 0.0934. The lowest BCUT2D eigenvalue weighted by atomic mass is 10.1. The summed E-state index contributed by atoms with van der Waals surface area (Å²) in [6, 6.07) is 10.2. The van der Waals surface area contributed by atoms with Crippen LogP contribution in [0.1, 0.15) is 29.6 Å². The average Bonchev–Trinajstić information content (AvgIpc) is 3.19. The number of aromatic nitrogens is 1. The van der Waals surface area contributed by atoms with Crippen LogP contribution < -0.4 is 5.32 Å². The summed E-state index contributed by atoms with van der Waals surface area (Å²) in [6.45, 7) is 0. The molecule has 7 heteroatoms. The number of benzene rings is 2. The number of hydrogen-bond acceptors (Lipinski definition) is 4. The van der Waals surface area contributed by atoms with E-state index in [1.165, 1.54) is 0 Å². The van der Waals surface area contributed by atoms with Gasteiger partial charge in [0.25, 0.3) is 5.91 Å². The summed E-state index contributed by atoms with van der Waals surface area (Å²) in [6.07, 6.45) is 1.77. The van der Waals surface area contributed by atoms with Crippen LogP contribution in [-0.2, 0) is 0 Å². The molecule has 3 aromatic rings. The van der Waals surface area contributed by atoms with E-state index in [2.05, 4.69) is 10.3 Å². The molecular formula is C19H16Cl2N2O3. The van der Waals surface area contributed by atoms with E-state index in [-0.39, 0.29) is 18.1 Å². The third kappa shape index (κ3) is 3.56. The zero-order valence-corrected chi connectivity index (χ0v) is 15.2. The Morgan fingerprint density at radius 3 is 2.62 bits per heavy atom. The van der Waals surface area contributed by atoms with E-state index < -0.39 is 0 Å². The van der Waals surface area contributed by atoms with E-state index in [4.69, 9.17) is 27.6 Å². The van der Waals surface area contributed by atoms with Gasteiger partial charge < -0.3 is 14.8 Å². The molecule has 0 unspecified atom stereocenters. The number of oxazole rings is 1. The molecule has 0 saturated heterocycles. The Bertz CT molecular complexity index is 966. The van der Waals surface area contributed by atoms with Crippen molar-refractivity contribution in [3.05, 3.63) is 52.0 Å². The lowest BCUT2D eigenvalue weighted by Crippen LogP contribution is -2.33. The third-order valence-corrected chi connectivity index (χ3v) is 4.94. The smallest absolute Gasteiger partial charge is 0.251 e. The van der Waals surface area contributed by atoms with Crippen molar-refractivity contribution in [3.63, 3.8) is 0 Å². The van der Waals surface area contributed by atoms with Gasteiger partial charge in [0.1, 0.15) is 5.52 Å². The van der Waals surface area contributed by atoms with Gasteiger partial charge in [0, 0.05) is 27.2 Å². The highest BCUT2D eigenvalue weighted by molar-refractivity contribution is 6.35. The quantitative estimate of drug-likeness (QED) is 0.692. The first kappa shape index (κ1) is 17.3. The lowest BCUT2D eigenvalue weighted by Gasteiger charge is -2.11. The average molecular weight is 391 g/mol. The number of nitrogens with one attached hydrogen (secondary N) is 1. The molecule has 1 aliphatic carbocycles. The van der Waals surface area contributed by atoms with Crippen LogP contribution in [0.25, 0.3) is 22.6 Å². The Labute approximate surface area is 159 Å². The minimum Gasteiger partial charge on any atom is -0.436 e. The first-order valence-corrected chi connectivity index (χ1v) is 9.09. The van der Waals surface area contributed by atoms with Crippen molar-refractivity contribution < 1.29 is 14.3 Å². The van der Waals surface area contributed by atoms with Crippen molar-refractivity contribution in [3.8, 4) is 11.5 Å². The van der Waals surface area contributed by atoms with Crippen molar-refractivity contribution in [2.24, 2.45) is 0 Å². The van der Waals surface area contributed by atoms with Crippen LogP contribution in [0.4, 0.5) is 0 Å². The van der Waals surface area contributed by atoms with E-state index in [9.17, 15) is 9.90 Å². The predicted molar refractivity (Wildman–Crippen MR) is 101 cm³/mol. The molecule has 0 radical (unpaired) electrons. The van der Waals surface area contributed by atoms with Crippen LogP contribution in [-0.4, -0.2) is 28.1 Å². The Morgan fingerprint density at radius 2 is 1.92 bits per heavy atom. The highest BCUT2D eigenvalue weighted by atomic mass is 35.5. The van der Waals surface area contributed by atoms with E-state index in [1.807, 2.05) is 0 Å².